The molecule has 3 heteroatoms. The molecule has 0 aromatic heterocycles. The minimum atomic E-state index is 0.0417. The summed E-state index contributed by atoms with van der Waals surface area (Å²) in [6.07, 6.45) is 10.0. The Morgan fingerprint density at radius 1 is 0.875 bits per heavy atom. The molecule has 1 radical (unpaired) electrons. The van der Waals surface area contributed by atoms with Crippen molar-refractivity contribution in [3.63, 3.8) is 0 Å². The number of rotatable bonds is 0. The number of allylic oxidation sites excluding steroid dienone is 4. The Bertz CT molecular complexity index is 78.4. The molecule has 0 spiro atoms. The molecular weight excluding hydrogens is 244 g/mol. The first-order valence-electron chi connectivity index (χ1n) is 2.20. The Hall–Kier alpha value is 1.21. The van der Waals surface area contributed by atoms with Gasteiger partial charge in [0.25, 0.3) is 0 Å². The lowest BCUT2D eigenvalue weighted by atomic mass is 10.5. The van der Waals surface area contributed by atoms with Crippen molar-refractivity contribution in [2.24, 2.45) is 0 Å². The topological polar surface area (TPSA) is 0 Å². The number of hydrogen-bond donors (Lipinski definition) is 0. The zero-order valence-corrected chi connectivity index (χ0v) is 8.94. The van der Waals surface area contributed by atoms with Crippen LogP contribution in [0.25, 0.3) is 0 Å². The van der Waals surface area contributed by atoms with E-state index in [2.05, 4.69) is 25.8 Å². The van der Waals surface area contributed by atoms with Crippen molar-refractivity contribution in [2.75, 3.05) is 0 Å². The second-order valence-corrected chi connectivity index (χ2v) is 9.14. The summed E-state index contributed by atoms with van der Waals surface area (Å²) in [6.45, 7) is 0. The van der Waals surface area contributed by atoms with Gasteiger partial charge < -0.3 is 0 Å². The van der Waals surface area contributed by atoms with E-state index in [1.54, 1.807) is 0 Å². The van der Waals surface area contributed by atoms with Gasteiger partial charge in [0.15, 0.2) is 0 Å². The number of hydrogen-bond acceptors (Lipinski definition) is 0. The van der Waals surface area contributed by atoms with E-state index in [4.69, 9.17) is 0 Å². The van der Waals surface area contributed by atoms with Crippen LogP contribution in [0.1, 0.15) is 0 Å². The Balaban J connectivity index is 0.000000145. The maximum atomic E-state index is 3.20. The molecule has 0 heterocycles. The zero-order valence-electron chi connectivity index (χ0n) is 4.35. The van der Waals surface area contributed by atoms with Gasteiger partial charge in [-0.25, -0.2) is 0 Å². The maximum absolute atomic E-state index is 3.20. The van der Waals surface area contributed by atoms with Gasteiger partial charge in [-0.1, -0.05) is 24.3 Å². The average Bonchev–Trinajstić information content (AvgIpc) is 2.17. The van der Waals surface area contributed by atoms with Crippen LogP contribution in [-0.2, 0) is 0 Å². The van der Waals surface area contributed by atoms with E-state index in [-0.39, 0.29) is 16.0 Å². The van der Waals surface area contributed by atoms with Crippen LogP contribution >= 0.6 is 25.8 Å². The standard InChI is InChI=1S/C5H5.2BrH.Mg/c1-2-4-5-3-1;;;/h1-5H;2*1H;/q;;;+2/p-2. The van der Waals surface area contributed by atoms with Gasteiger partial charge in [-0.05, 0) is 0 Å². The summed E-state index contributed by atoms with van der Waals surface area (Å²) in [6, 6.07) is 0. The molecule has 0 bridgehead atoms. The molecule has 1 rings (SSSR count). The van der Waals surface area contributed by atoms with Crippen molar-refractivity contribution in [3.05, 3.63) is 30.7 Å². The smallest absolute Gasteiger partial charge is 0.280 e. The van der Waals surface area contributed by atoms with E-state index in [1.165, 1.54) is 0 Å². The van der Waals surface area contributed by atoms with Crippen LogP contribution in [0.5, 0.6) is 0 Å². The first kappa shape index (κ1) is 9.21. The molecule has 0 aromatic rings. The summed E-state index contributed by atoms with van der Waals surface area (Å²) in [4.78, 5) is 0. The second-order valence-electron chi connectivity index (χ2n) is 1.06. The van der Waals surface area contributed by atoms with Crippen LogP contribution in [0.4, 0.5) is 0 Å². The lowest BCUT2D eigenvalue weighted by molar-refractivity contribution is 1.87. The molecule has 0 unspecified atom stereocenters. The quantitative estimate of drug-likeness (QED) is 0.579. The van der Waals surface area contributed by atoms with E-state index in [1.807, 2.05) is 30.7 Å². The number of halogens is 2. The minimum Gasteiger partial charge on any atom is -0.280 e. The van der Waals surface area contributed by atoms with Crippen molar-refractivity contribution >= 4 is 41.8 Å². The molecule has 0 N–H and O–H groups in total. The molecule has 0 amide bonds. The SMILES string of the molecule is [Br][Mg][Br].[CH]1C=CC=C1. The van der Waals surface area contributed by atoms with Gasteiger partial charge in [0.05, 0.1) is 0 Å². The van der Waals surface area contributed by atoms with Gasteiger partial charge in [-0.15, -0.1) is 0 Å². The van der Waals surface area contributed by atoms with Crippen molar-refractivity contribution in [1.29, 1.82) is 0 Å². The summed E-state index contributed by atoms with van der Waals surface area (Å²) >= 11 is 6.44. The van der Waals surface area contributed by atoms with Crippen LogP contribution in [0, 0.1) is 6.42 Å². The lowest BCUT2D eigenvalue weighted by Crippen LogP contribution is -1.39. The molecule has 0 aromatic carbocycles. The van der Waals surface area contributed by atoms with Gasteiger partial charge >= 0.3 is 16.0 Å². The molecule has 41 valence electrons. The molecular formula is C5H5Br2Mg. The third-order valence-corrected chi connectivity index (χ3v) is 0.556. The lowest BCUT2D eigenvalue weighted by Gasteiger charge is -1.56. The van der Waals surface area contributed by atoms with Gasteiger partial charge in [0, 0.05) is 6.42 Å². The summed E-state index contributed by atoms with van der Waals surface area (Å²) < 4.78 is 0. The fourth-order valence-corrected chi connectivity index (χ4v) is 0.321. The first-order valence-corrected chi connectivity index (χ1v) is 10.00. The molecule has 8 heavy (non-hydrogen) atoms. The Kier molecular flexibility index (Phi) is 9.44. The van der Waals surface area contributed by atoms with Crippen molar-refractivity contribution in [1.82, 2.24) is 0 Å². The highest BCUT2D eigenvalue weighted by Crippen LogP contribution is 1.91. The Morgan fingerprint density at radius 3 is 1.38 bits per heavy atom. The molecule has 0 saturated carbocycles. The van der Waals surface area contributed by atoms with Gasteiger partial charge in [0.1, 0.15) is 0 Å². The molecule has 0 saturated heterocycles. The third-order valence-electron chi connectivity index (χ3n) is 0.556. The predicted molar refractivity (Wildman–Crippen MR) is 46.2 cm³/mol. The second kappa shape index (κ2) is 8.21. The highest BCUT2D eigenvalue weighted by atomic mass is 79.9. The summed E-state index contributed by atoms with van der Waals surface area (Å²) in [5.41, 5.74) is 0. The van der Waals surface area contributed by atoms with E-state index in [9.17, 15) is 0 Å². The van der Waals surface area contributed by atoms with E-state index in [0.717, 1.165) is 0 Å². The largest absolute Gasteiger partial charge is 0.560 e. The van der Waals surface area contributed by atoms with Crippen molar-refractivity contribution < 1.29 is 0 Å². The van der Waals surface area contributed by atoms with Gasteiger partial charge in [0.2, 0.25) is 0 Å². The van der Waals surface area contributed by atoms with E-state index in [0.29, 0.717) is 0 Å². The predicted octanol–water partition coefficient (Wildman–Crippen LogP) is 2.63. The highest BCUT2D eigenvalue weighted by molar-refractivity contribution is 9.47. The van der Waals surface area contributed by atoms with Gasteiger partial charge in [-0.3, -0.25) is 25.8 Å². The van der Waals surface area contributed by atoms with Crippen LogP contribution in [-0.4, -0.2) is 16.0 Å². The van der Waals surface area contributed by atoms with E-state index >= 15 is 0 Å². The first-order chi connectivity index (χ1) is 3.91. The third kappa shape index (κ3) is 7.21. The van der Waals surface area contributed by atoms with Crippen LogP contribution in [0.15, 0.2) is 24.3 Å². The molecule has 0 nitrogen and oxygen atoms in total. The molecule has 1 aliphatic carbocycles. The highest BCUT2D eigenvalue weighted by Gasteiger charge is 1.72. The van der Waals surface area contributed by atoms with Crippen molar-refractivity contribution in [2.45, 2.75) is 0 Å². The minimum absolute atomic E-state index is 0.0417. The van der Waals surface area contributed by atoms with Crippen LogP contribution in [0.3, 0.4) is 0 Å². The Labute approximate surface area is 71.9 Å². The molecule has 0 aliphatic heterocycles. The van der Waals surface area contributed by atoms with Gasteiger partial charge in [-0.2, -0.15) is 0 Å². The normalized spacial score (nSPS) is 12.2. The summed E-state index contributed by atoms with van der Waals surface area (Å²) in [7, 11) is 0. The van der Waals surface area contributed by atoms with E-state index < -0.39 is 0 Å². The fraction of sp³-hybridized carbons (Fsp3) is 0. The van der Waals surface area contributed by atoms with Crippen LogP contribution < -0.4 is 0 Å². The monoisotopic (exact) mass is 247 g/mol. The summed E-state index contributed by atoms with van der Waals surface area (Å²) in [5.74, 6) is 0. The molecule has 0 atom stereocenters. The maximum Gasteiger partial charge on any atom is 0.560 e. The van der Waals surface area contributed by atoms with Crippen LogP contribution in [0.2, 0.25) is 0 Å². The fourth-order valence-electron chi connectivity index (χ4n) is 0.321. The van der Waals surface area contributed by atoms with Crippen molar-refractivity contribution in [3.8, 4) is 0 Å². The Morgan fingerprint density at radius 2 is 1.25 bits per heavy atom. The zero-order chi connectivity index (χ0) is 6.24. The molecule has 0 fully saturated rings. The average molecular weight is 249 g/mol. The summed E-state index contributed by atoms with van der Waals surface area (Å²) in [5, 5.41) is 0. The molecule has 1 aliphatic rings.